The molecule has 0 saturated carbocycles. The molecule has 26 heavy (non-hydrogen) atoms. The Labute approximate surface area is 149 Å². The number of rotatable bonds is 7. The van der Waals surface area contributed by atoms with Crippen molar-refractivity contribution in [3.8, 4) is 11.8 Å². The van der Waals surface area contributed by atoms with Crippen LogP contribution in [-0.2, 0) is 11.3 Å². The SMILES string of the molecule is COc1ccccc1CN/C=C(/C#N)C(=O)Nc1ccc([N+](=O)[O-])cc1. The van der Waals surface area contributed by atoms with Crippen LogP contribution >= 0.6 is 0 Å². The first kappa shape index (κ1) is 18.5. The standard InChI is InChI=1S/C18H16N4O4/c1-26-17-5-3-2-4-13(17)11-20-12-14(10-19)18(23)21-15-6-8-16(9-7-15)22(24)25/h2-9,12,20H,11H2,1H3,(H,21,23)/b14-12-. The fraction of sp³-hybridized carbons (Fsp3) is 0.111. The smallest absolute Gasteiger partial charge is 0.269 e. The van der Waals surface area contributed by atoms with E-state index in [9.17, 15) is 14.9 Å². The molecule has 8 nitrogen and oxygen atoms in total. The maximum absolute atomic E-state index is 12.1. The molecular weight excluding hydrogens is 336 g/mol. The van der Waals surface area contributed by atoms with E-state index in [0.29, 0.717) is 18.0 Å². The third-order valence-electron chi connectivity index (χ3n) is 3.43. The van der Waals surface area contributed by atoms with Crippen LogP contribution in [0, 0.1) is 21.4 Å². The minimum absolute atomic E-state index is 0.0856. The van der Waals surface area contributed by atoms with E-state index in [1.807, 2.05) is 30.3 Å². The molecule has 0 spiro atoms. The van der Waals surface area contributed by atoms with Gasteiger partial charge < -0.3 is 15.4 Å². The summed E-state index contributed by atoms with van der Waals surface area (Å²) in [6.07, 6.45) is 1.31. The third-order valence-corrected chi connectivity index (χ3v) is 3.43. The topological polar surface area (TPSA) is 117 Å². The zero-order chi connectivity index (χ0) is 18.9. The van der Waals surface area contributed by atoms with Crippen LogP contribution in [-0.4, -0.2) is 17.9 Å². The summed E-state index contributed by atoms with van der Waals surface area (Å²) in [6.45, 7) is 0.375. The Morgan fingerprint density at radius 1 is 1.27 bits per heavy atom. The molecule has 0 aliphatic heterocycles. The van der Waals surface area contributed by atoms with Crippen LogP contribution in [0.25, 0.3) is 0 Å². The number of ether oxygens (including phenoxy) is 1. The fourth-order valence-corrected chi connectivity index (χ4v) is 2.13. The number of nitro groups is 1. The van der Waals surface area contributed by atoms with Crippen molar-refractivity contribution in [1.82, 2.24) is 5.32 Å². The largest absolute Gasteiger partial charge is 0.496 e. The quantitative estimate of drug-likeness (QED) is 0.342. The zero-order valence-corrected chi connectivity index (χ0v) is 13.9. The van der Waals surface area contributed by atoms with E-state index in [4.69, 9.17) is 10.00 Å². The maximum atomic E-state index is 12.1. The molecule has 2 N–H and O–H groups in total. The number of nitriles is 1. The molecule has 0 aliphatic rings. The summed E-state index contributed by atoms with van der Waals surface area (Å²) in [5, 5.41) is 25.2. The summed E-state index contributed by atoms with van der Waals surface area (Å²) in [5.74, 6) is 0.0797. The summed E-state index contributed by atoms with van der Waals surface area (Å²) in [7, 11) is 1.56. The molecule has 0 atom stereocenters. The van der Waals surface area contributed by atoms with Crippen LogP contribution in [0.5, 0.6) is 5.75 Å². The lowest BCUT2D eigenvalue weighted by Gasteiger charge is -2.08. The van der Waals surface area contributed by atoms with Crippen LogP contribution in [0.1, 0.15) is 5.56 Å². The van der Waals surface area contributed by atoms with Gasteiger partial charge in [-0.1, -0.05) is 18.2 Å². The number of hydrogen-bond acceptors (Lipinski definition) is 6. The predicted octanol–water partition coefficient (Wildman–Crippen LogP) is 2.74. The number of nitro benzene ring substituents is 1. The lowest BCUT2D eigenvalue weighted by Crippen LogP contribution is -2.16. The van der Waals surface area contributed by atoms with Crippen molar-refractivity contribution in [2.45, 2.75) is 6.54 Å². The molecule has 2 aromatic rings. The number of carbonyl (C=O) groups is 1. The molecule has 1 amide bonds. The maximum Gasteiger partial charge on any atom is 0.269 e. The van der Waals surface area contributed by atoms with Gasteiger partial charge in [-0.2, -0.15) is 5.26 Å². The van der Waals surface area contributed by atoms with Gasteiger partial charge in [0.2, 0.25) is 0 Å². The zero-order valence-electron chi connectivity index (χ0n) is 13.9. The van der Waals surface area contributed by atoms with E-state index in [0.717, 1.165) is 5.56 Å². The second kappa shape index (κ2) is 8.84. The Kier molecular flexibility index (Phi) is 6.28. The third kappa shape index (κ3) is 4.82. The molecule has 2 rings (SSSR count). The second-order valence-electron chi connectivity index (χ2n) is 5.12. The lowest BCUT2D eigenvalue weighted by molar-refractivity contribution is -0.384. The Morgan fingerprint density at radius 2 is 1.96 bits per heavy atom. The molecule has 0 fully saturated rings. The monoisotopic (exact) mass is 352 g/mol. The molecule has 2 aromatic carbocycles. The van der Waals surface area contributed by atoms with Gasteiger partial charge in [-0.25, -0.2) is 0 Å². The molecule has 8 heteroatoms. The Hall–Kier alpha value is -3.86. The molecule has 0 heterocycles. The molecular formula is C18H16N4O4. The van der Waals surface area contributed by atoms with Crippen LogP contribution in [0.15, 0.2) is 60.3 Å². The predicted molar refractivity (Wildman–Crippen MR) is 95.3 cm³/mol. The van der Waals surface area contributed by atoms with Crippen molar-refractivity contribution in [3.63, 3.8) is 0 Å². The van der Waals surface area contributed by atoms with Gasteiger partial charge in [0.25, 0.3) is 11.6 Å². The summed E-state index contributed by atoms with van der Waals surface area (Å²) in [6, 6.07) is 14.5. The van der Waals surface area contributed by atoms with E-state index in [2.05, 4.69) is 10.6 Å². The van der Waals surface area contributed by atoms with E-state index in [-0.39, 0.29) is 11.3 Å². The Morgan fingerprint density at radius 3 is 2.58 bits per heavy atom. The molecule has 132 valence electrons. The minimum Gasteiger partial charge on any atom is -0.496 e. The summed E-state index contributed by atoms with van der Waals surface area (Å²) in [5.41, 5.74) is 1.02. The van der Waals surface area contributed by atoms with Gasteiger partial charge in [-0.05, 0) is 18.2 Å². The van der Waals surface area contributed by atoms with Crippen molar-refractivity contribution < 1.29 is 14.5 Å². The summed E-state index contributed by atoms with van der Waals surface area (Å²) >= 11 is 0. The van der Waals surface area contributed by atoms with Crippen LogP contribution in [0.4, 0.5) is 11.4 Å². The average Bonchev–Trinajstić information content (AvgIpc) is 2.65. The number of nitrogens with zero attached hydrogens (tertiary/aromatic N) is 2. The number of anilines is 1. The number of hydrogen-bond donors (Lipinski definition) is 2. The molecule has 0 unspecified atom stereocenters. The van der Waals surface area contributed by atoms with Gasteiger partial charge in [0.15, 0.2) is 0 Å². The molecule has 0 radical (unpaired) electrons. The Balaban J connectivity index is 2.00. The molecule has 0 aliphatic carbocycles. The molecule has 0 saturated heterocycles. The van der Waals surface area contributed by atoms with E-state index in [1.165, 1.54) is 30.5 Å². The lowest BCUT2D eigenvalue weighted by atomic mass is 10.2. The van der Waals surface area contributed by atoms with Crippen molar-refractivity contribution in [2.24, 2.45) is 0 Å². The van der Waals surface area contributed by atoms with E-state index >= 15 is 0 Å². The minimum atomic E-state index is -0.617. The number of nitrogens with one attached hydrogen (secondary N) is 2. The molecule has 0 aromatic heterocycles. The summed E-state index contributed by atoms with van der Waals surface area (Å²) < 4.78 is 5.23. The van der Waals surface area contributed by atoms with E-state index < -0.39 is 10.8 Å². The summed E-state index contributed by atoms with van der Waals surface area (Å²) in [4.78, 5) is 22.2. The van der Waals surface area contributed by atoms with Crippen molar-refractivity contribution in [2.75, 3.05) is 12.4 Å². The first-order valence-corrected chi connectivity index (χ1v) is 7.56. The number of amides is 1. The van der Waals surface area contributed by atoms with Crippen LogP contribution in [0.3, 0.4) is 0 Å². The highest BCUT2D eigenvalue weighted by molar-refractivity contribution is 6.06. The highest BCUT2D eigenvalue weighted by atomic mass is 16.6. The highest BCUT2D eigenvalue weighted by Crippen LogP contribution is 2.17. The normalized spacial score (nSPS) is 10.5. The van der Waals surface area contributed by atoms with Gasteiger partial charge in [0.1, 0.15) is 17.4 Å². The first-order valence-electron chi connectivity index (χ1n) is 7.56. The van der Waals surface area contributed by atoms with Gasteiger partial charge in [-0.15, -0.1) is 0 Å². The number of benzene rings is 2. The van der Waals surface area contributed by atoms with Crippen molar-refractivity contribution in [3.05, 3.63) is 76.0 Å². The first-order chi connectivity index (χ1) is 12.5. The van der Waals surface area contributed by atoms with Crippen molar-refractivity contribution in [1.29, 1.82) is 5.26 Å². The van der Waals surface area contributed by atoms with Gasteiger partial charge in [-0.3, -0.25) is 14.9 Å². The van der Waals surface area contributed by atoms with E-state index in [1.54, 1.807) is 7.11 Å². The molecule has 0 bridgehead atoms. The Bertz CT molecular complexity index is 870. The number of carbonyl (C=O) groups excluding carboxylic acids is 1. The highest BCUT2D eigenvalue weighted by Gasteiger charge is 2.11. The second-order valence-corrected chi connectivity index (χ2v) is 5.12. The average molecular weight is 352 g/mol. The van der Waals surface area contributed by atoms with Gasteiger partial charge >= 0.3 is 0 Å². The number of non-ortho nitro benzene ring substituents is 1. The number of para-hydroxylation sites is 1. The van der Waals surface area contributed by atoms with Crippen LogP contribution < -0.4 is 15.4 Å². The van der Waals surface area contributed by atoms with Crippen molar-refractivity contribution >= 4 is 17.3 Å². The van der Waals surface area contributed by atoms with Gasteiger partial charge in [0, 0.05) is 36.1 Å². The van der Waals surface area contributed by atoms with Crippen LogP contribution in [0.2, 0.25) is 0 Å². The van der Waals surface area contributed by atoms with Gasteiger partial charge in [0.05, 0.1) is 12.0 Å². The fourth-order valence-electron chi connectivity index (χ4n) is 2.13. The number of methoxy groups -OCH3 is 1.